The Morgan fingerprint density at radius 2 is 2.11 bits per heavy atom. The molecular formula is C15H25FN2O. The average molecular weight is 268 g/mol. The van der Waals surface area contributed by atoms with Crippen molar-refractivity contribution in [1.29, 1.82) is 0 Å². The first-order chi connectivity index (χ1) is 9.19. The van der Waals surface area contributed by atoms with Crippen LogP contribution in [0.3, 0.4) is 0 Å². The van der Waals surface area contributed by atoms with Crippen molar-refractivity contribution < 1.29 is 9.13 Å². The molecule has 0 aliphatic heterocycles. The van der Waals surface area contributed by atoms with Crippen LogP contribution >= 0.6 is 0 Å². The van der Waals surface area contributed by atoms with Crippen LogP contribution in [0.25, 0.3) is 0 Å². The summed E-state index contributed by atoms with van der Waals surface area (Å²) in [6.45, 7) is 7.96. The van der Waals surface area contributed by atoms with Crippen molar-refractivity contribution in [3.05, 3.63) is 29.6 Å². The molecular weight excluding hydrogens is 243 g/mol. The van der Waals surface area contributed by atoms with Crippen LogP contribution in [0.2, 0.25) is 0 Å². The van der Waals surface area contributed by atoms with Crippen LogP contribution in [0.4, 0.5) is 10.1 Å². The predicted molar refractivity (Wildman–Crippen MR) is 78.2 cm³/mol. The fourth-order valence-corrected chi connectivity index (χ4v) is 1.93. The van der Waals surface area contributed by atoms with Gasteiger partial charge in [-0.25, -0.2) is 4.39 Å². The zero-order valence-electron chi connectivity index (χ0n) is 12.2. The third kappa shape index (κ3) is 5.57. The Bertz CT molecular complexity index is 371. The van der Waals surface area contributed by atoms with Gasteiger partial charge in [0.2, 0.25) is 0 Å². The molecule has 0 amide bonds. The molecule has 1 rings (SSSR count). The quantitative estimate of drug-likeness (QED) is 0.697. The van der Waals surface area contributed by atoms with Crippen molar-refractivity contribution in [2.24, 2.45) is 0 Å². The molecule has 0 aliphatic rings. The SMILES string of the molecule is CCCNCc1cc(F)ccc1N(C)CCOCC. The van der Waals surface area contributed by atoms with Gasteiger partial charge in [-0.2, -0.15) is 0 Å². The molecule has 0 radical (unpaired) electrons. The van der Waals surface area contributed by atoms with E-state index in [4.69, 9.17) is 4.74 Å². The zero-order chi connectivity index (χ0) is 14.1. The Hall–Kier alpha value is -1.13. The van der Waals surface area contributed by atoms with E-state index in [1.807, 2.05) is 20.0 Å². The largest absolute Gasteiger partial charge is 0.380 e. The van der Waals surface area contributed by atoms with Crippen LogP contribution in [-0.2, 0) is 11.3 Å². The Labute approximate surface area is 115 Å². The molecule has 108 valence electrons. The lowest BCUT2D eigenvalue weighted by Gasteiger charge is -2.22. The van der Waals surface area contributed by atoms with Crippen LogP contribution in [0.1, 0.15) is 25.8 Å². The van der Waals surface area contributed by atoms with Gasteiger partial charge in [0, 0.05) is 32.4 Å². The van der Waals surface area contributed by atoms with E-state index in [0.29, 0.717) is 13.2 Å². The van der Waals surface area contributed by atoms with Gasteiger partial charge in [0.15, 0.2) is 0 Å². The number of benzene rings is 1. The van der Waals surface area contributed by atoms with Crippen LogP contribution < -0.4 is 10.2 Å². The lowest BCUT2D eigenvalue weighted by molar-refractivity contribution is 0.154. The van der Waals surface area contributed by atoms with E-state index in [9.17, 15) is 4.39 Å². The van der Waals surface area contributed by atoms with Crippen LogP contribution in [0, 0.1) is 5.82 Å². The number of nitrogens with zero attached hydrogens (tertiary/aromatic N) is 1. The van der Waals surface area contributed by atoms with E-state index in [1.165, 1.54) is 6.07 Å². The molecule has 1 aromatic carbocycles. The van der Waals surface area contributed by atoms with E-state index in [2.05, 4.69) is 17.1 Å². The number of hydrogen-bond donors (Lipinski definition) is 1. The molecule has 19 heavy (non-hydrogen) atoms. The Morgan fingerprint density at radius 3 is 2.79 bits per heavy atom. The zero-order valence-corrected chi connectivity index (χ0v) is 12.2. The maximum Gasteiger partial charge on any atom is 0.123 e. The maximum absolute atomic E-state index is 13.4. The summed E-state index contributed by atoms with van der Waals surface area (Å²) in [4.78, 5) is 2.11. The van der Waals surface area contributed by atoms with Crippen molar-refractivity contribution >= 4 is 5.69 Å². The highest BCUT2D eigenvalue weighted by Crippen LogP contribution is 2.20. The van der Waals surface area contributed by atoms with Crippen LogP contribution in [-0.4, -0.2) is 33.4 Å². The second-order valence-electron chi connectivity index (χ2n) is 4.57. The topological polar surface area (TPSA) is 24.5 Å². The van der Waals surface area contributed by atoms with Crippen molar-refractivity contribution in [2.75, 3.05) is 38.3 Å². The third-order valence-corrected chi connectivity index (χ3v) is 2.97. The fraction of sp³-hybridized carbons (Fsp3) is 0.600. The molecule has 4 heteroatoms. The predicted octanol–water partition coefficient (Wildman–Crippen LogP) is 2.80. The Morgan fingerprint density at radius 1 is 1.32 bits per heavy atom. The molecule has 0 fully saturated rings. The van der Waals surface area contributed by atoms with Crippen molar-refractivity contribution in [3.63, 3.8) is 0 Å². The smallest absolute Gasteiger partial charge is 0.123 e. The summed E-state index contributed by atoms with van der Waals surface area (Å²) < 4.78 is 18.7. The molecule has 0 heterocycles. The summed E-state index contributed by atoms with van der Waals surface area (Å²) in [7, 11) is 2.01. The van der Waals surface area contributed by atoms with Crippen molar-refractivity contribution in [1.82, 2.24) is 5.32 Å². The average Bonchev–Trinajstić information content (AvgIpc) is 2.39. The molecule has 0 unspecified atom stereocenters. The molecule has 0 saturated heterocycles. The van der Waals surface area contributed by atoms with Gasteiger partial charge in [-0.3, -0.25) is 0 Å². The third-order valence-electron chi connectivity index (χ3n) is 2.97. The molecule has 0 atom stereocenters. The van der Waals surface area contributed by atoms with Gasteiger partial charge in [0.1, 0.15) is 5.82 Å². The Kier molecular flexibility index (Phi) is 7.45. The first-order valence-corrected chi connectivity index (χ1v) is 6.97. The first-order valence-electron chi connectivity index (χ1n) is 6.97. The summed E-state index contributed by atoms with van der Waals surface area (Å²) >= 11 is 0. The number of halogens is 1. The highest BCUT2D eigenvalue weighted by atomic mass is 19.1. The first kappa shape index (κ1) is 15.9. The molecule has 0 bridgehead atoms. The summed E-state index contributed by atoms with van der Waals surface area (Å²) in [5, 5.41) is 3.32. The van der Waals surface area contributed by atoms with Gasteiger partial charge in [-0.05, 0) is 43.7 Å². The van der Waals surface area contributed by atoms with E-state index in [-0.39, 0.29) is 5.82 Å². The van der Waals surface area contributed by atoms with E-state index in [0.717, 1.165) is 37.4 Å². The molecule has 0 aliphatic carbocycles. The highest BCUT2D eigenvalue weighted by Gasteiger charge is 2.08. The number of likely N-dealkylation sites (N-methyl/N-ethyl adjacent to an activating group) is 1. The minimum absolute atomic E-state index is 0.185. The maximum atomic E-state index is 13.4. The normalized spacial score (nSPS) is 10.7. The summed E-state index contributed by atoms with van der Waals surface area (Å²) in [5.41, 5.74) is 2.05. The van der Waals surface area contributed by atoms with Crippen LogP contribution in [0.5, 0.6) is 0 Å². The lowest BCUT2D eigenvalue weighted by Crippen LogP contribution is -2.25. The van der Waals surface area contributed by atoms with Gasteiger partial charge >= 0.3 is 0 Å². The van der Waals surface area contributed by atoms with Gasteiger partial charge in [-0.1, -0.05) is 6.92 Å². The van der Waals surface area contributed by atoms with Crippen LogP contribution in [0.15, 0.2) is 18.2 Å². The second kappa shape index (κ2) is 8.88. The summed E-state index contributed by atoms with van der Waals surface area (Å²) in [6.07, 6.45) is 1.07. The molecule has 0 saturated carbocycles. The summed E-state index contributed by atoms with van der Waals surface area (Å²) in [5.74, 6) is -0.185. The number of nitrogens with one attached hydrogen (secondary N) is 1. The standard InChI is InChI=1S/C15H25FN2O/c1-4-8-17-12-13-11-14(16)6-7-15(13)18(3)9-10-19-5-2/h6-7,11,17H,4-5,8-10,12H2,1-3H3. The van der Waals surface area contributed by atoms with Gasteiger partial charge in [-0.15, -0.1) is 0 Å². The number of anilines is 1. The fourth-order valence-electron chi connectivity index (χ4n) is 1.93. The molecule has 0 aromatic heterocycles. The molecule has 0 spiro atoms. The van der Waals surface area contributed by atoms with E-state index >= 15 is 0 Å². The van der Waals surface area contributed by atoms with Crippen molar-refractivity contribution in [2.45, 2.75) is 26.8 Å². The minimum atomic E-state index is -0.185. The lowest BCUT2D eigenvalue weighted by atomic mass is 10.1. The second-order valence-corrected chi connectivity index (χ2v) is 4.57. The number of rotatable bonds is 9. The molecule has 1 N–H and O–H groups in total. The van der Waals surface area contributed by atoms with E-state index < -0.39 is 0 Å². The summed E-state index contributed by atoms with van der Waals surface area (Å²) in [6, 6.07) is 4.95. The van der Waals surface area contributed by atoms with Crippen molar-refractivity contribution in [3.8, 4) is 0 Å². The van der Waals surface area contributed by atoms with E-state index in [1.54, 1.807) is 6.07 Å². The van der Waals surface area contributed by atoms with Gasteiger partial charge in [0.05, 0.1) is 6.61 Å². The molecule has 1 aromatic rings. The number of hydrogen-bond acceptors (Lipinski definition) is 3. The molecule has 3 nitrogen and oxygen atoms in total. The monoisotopic (exact) mass is 268 g/mol. The van der Waals surface area contributed by atoms with Gasteiger partial charge < -0.3 is 15.0 Å². The number of ether oxygens (including phenoxy) is 1. The highest BCUT2D eigenvalue weighted by molar-refractivity contribution is 5.53. The minimum Gasteiger partial charge on any atom is -0.380 e. The van der Waals surface area contributed by atoms with Gasteiger partial charge in [0.25, 0.3) is 0 Å². The Balaban J connectivity index is 2.68.